The highest BCUT2D eigenvalue weighted by Gasteiger charge is 2.19. The topological polar surface area (TPSA) is 48.3 Å². The average molecular weight is 255 g/mol. The predicted octanol–water partition coefficient (Wildman–Crippen LogP) is 1.43. The van der Waals surface area contributed by atoms with Crippen molar-refractivity contribution in [3.05, 3.63) is 18.2 Å². The lowest BCUT2D eigenvalue weighted by Crippen LogP contribution is -2.31. The first-order valence-electron chi connectivity index (χ1n) is 6.41. The minimum Gasteiger partial charge on any atom is -0.383 e. The van der Waals surface area contributed by atoms with Crippen molar-refractivity contribution in [3.63, 3.8) is 0 Å². The zero-order valence-electron chi connectivity index (χ0n) is 11.9. The second kappa shape index (κ2) is 7.51. The van der Waals surface area contributed by atoms with E-state index in [1.54, 1.807) is 7.11 Å². The van der Waals surface area contributed by atoms with Crippen LogP contribution in [0.5, 0.6) is 0 Å². The number of ether oxygens (including phenoxy) is 2. The molecule has 5 nitrogen and oxygen atoms in total. The number of methoxy groups -OCH3 is 1. The van der Waals surface area contributed by atoms with Crippen LogP contribution in [-0.4, -0.2) is 42.0 Å². The van der Waals surface area contributed by atoms with Gasteiger partial charge < -0.3 is 19.4 Å². The molecule has 1 N–H and O–H groups in total. The number of hydrogen-bond donors (Lipinski definition) is 1. The van der Waals surface area contributed by atoms with Crippen molar-refractivity contribution >= 4 is 0 Å². The standard InChI is InChI=1S/C13H25N3O2/c1-5-18-13(2,3)10-16-11-15-9-12(16)8-14-6-7-17-4/h9,11,14H,5-8,10H2,1-4H3. The molecule has 5 heteroatoms. The molecule has 0 bridgehead atoms. The number of nitrogens with zero attached hydrogens (tertiary/aromatic N) is 2. The lowest BCUT2D eigenvalue weighted by Gasteiger charge is -2.26. The van der Waals surface area contributed by atoms with Gasteiger partial charge in [0.25, 0.3) is 0 Å². The van der Waals surface area contributed by atoms with E-state index in [1.807, 2.05) is 19.4 Å². The molecule has 1 heterocycles. The van der Waals surface area contributed by atoms with E-state index in [4.69, 9.17) is 9.47 Å². The fraction of sp³-hybridized carbons (Fsp3) is 0.769. The maximum atomic E-state index is 5.71. The third-order valence-corrected chi connectivity index (χ3v) is 2.67. The Bertz CT molecular complexity index is 337. The molecule has 0 spiro atoms. The molecule has 1 rings (SSSR count). The zero-order chi connectivity index (χ0) is 13.4. The Morgan fingerprint density at radius 1 is 1.44 bits per heavy atom. The molecular weight excluding hydrogens is 230 g/mol. The molecule has 0 aliphatic rings. The third kappa shape index (κ3) is 5.16. The maximum Gasteiger partial charge on any atom is 0.0949 e. The van der Waals surface area contributed by atoms with Gasteiger partial charge in [0.15, 0.2) is 0 Å². The van der Waals surface area contributed by atoms with Crippen molar-refractivity contribution in [2.24, 2.45) is 0 Å². The fourth-order valence-corrected chi connectivity index (χ4v) is 1.88. The van der Waals surface area contributed by atoms with E-state index >= 15 is 0 Å². The Balaban J connectivity index is 2.49. The number of hydrogen-bond acceptors (Lipinski definition) is 4. The van der Waals surface area contributed by atoms with Crippen LogP contribution in [0.2, 0.25) is 0 Å². The number of imidazole rings is 1. The van der Waals surface area contributed by atoms with Crippen LogP contribution in [0.3, 0.4) is 0 Å². The van der Waals surface area contributed by atoms with Gasteiger partial charge >= 0.3 is 0 Å². The fourth-order valence-electron chi connectivity index (χ4n) is 1.88. The van der Waals surface area contributed by atoms with E-state index < -0.39 is 0 Å². The molecular formula is C13H25N3O2. The lowest BCUT2D eigenvalue weighted by molar-refractivity contribution is -0.0229. The Kier molecular flexibility index (Phi) is 6.32. The van der Waals surface area contributed by atoms with E-state index in [-0.39, 0.29) is 5.60 Å². The average Bonchev–Trinajstić information content (AvgIpc) is 2.71. The van der Waals surface area contributed by atoms with Gasteiger partial charge in [-0.1, -0.05) is 0 Å². The molecule has 1 aromatic rings. The summed E-state index contributed by atoms with van der Waals surface area (Å²) in [7, 11) is 1.70. The molecule has 0 aromatic carbocycles. The van der Waals surface area contributed by atoms with Crippen LogP contribution < -0.4 is 5.32 Å². The van der Waals surface area contributed by atoms with Gasteiger partial charge in [-0.15, -0.1) is 0 Å². The molecule has 0 unspecified atom stereocenters. The van der Waals surface area contributed by atoms with E-state index in [2.05, 4.69) is 28.7 Å². The molecule has 0 aliphatic carbocycles. The van der Waals surface area contributed by atoms with Gasteiger partial charge in [0.2, 0.25) is 0 Å². The first-order valence-corrected chi connectivity index (χ1v) is 6.41. The second-order valence-electron chi connectivity index (χ2n) is 4.88. The van der Waals surface area contributed by atoms with Crippen molar-refractivity contribution < 1.29 is 9.47 Å². The molecule has 0 saturated carbocycles. The van der Waals surface area contributed by atoms with Crippen LogP contribution in [0.15, 0.2) is 12.5 Å². The van der Waals surface area contributed by atoms with Gasteiger partial charge in [0.05, 0.1) is 30.8 Å². The van der Waals surface area contributed by atoms with Gasteiger partial charge in [-0.25, -0.2) is 4.98 Å². The van der Waals surface area contributed by atoms with Crippen LogP contribution in [0.25, 0.3) is 0 Å². The summed E-state index contributed by atoms with van der Waals surface area (Å²) in [4.78, 5) is 4.20. The summed E-state index contributed by atoms with van der Waals surface area (Å²) in [5.74, 6) is 0. The minimum absolute atomic E-state index is 0.170. The molecule has 18 heavy (non-hydrogen) atoms. The zero-order valence-corrected chi connectivity index (χ0v) is 11.9. The predicted molar refractivity (Wildman–Crippen MR) is 71.5 cm³/mol. The van der Waals surface area contributed by atoms with Crippen molar-refractivity contribution in [1.29, 1.82) is 0 Å². The van der Waals surface area contributed by atoms with Gasteiger partial charge in [-0.05, 0) is 20.8 Å². The number of nitrogens with one attached hydrogen (secondary N) is 1. The van der Waals surface area contributed by atoms with Crippen LogP contribution in [-0.2, 0) is 22.6 Å². The van der Waals surface area contributed by atoms with E-state index in [0.29, 0.717) is 0 Å². The van der Waals surface area contributed by atoms with E-state index in [1.165, 1.54) is 5.69 Å². The maximum absolute atomic E-state index is 5.71. The highest BCUT2D eigenvalue weighted by Crippen LogP contribution is 2.13. The van der Waals surface area contributed by atoms with Crippen LogP contribution in [0, 0.1) is 0 Å². The SMILES string of the molecule is CCOC(C)(C)Cn1cncc1CNCCOC. The number of aromatic nitrogens is 2. The van der Waals surface area contributed by atoms with Crippen molar-refractivity contribution in [1.82, 2.24) is 14.9 Å². The molecule has 0 aliphatic heterocycles. The quantitative estimate of drug-likeness (QED) is 0.678. The summed E-state index contributed by atoms with van der Waals surface area (Å²) in [6.45, 7) is 10.1. The Labute approximate surface area is 109 Å². The van der Waals surface area contributed by atoms with Crippen molar-refractivity contribution in [3.8, 4) is 0 Å². The second-order valence-corrected chi connectivity index (χ2v) is 4.88. The normalized spacial score (nSPS) is 12.0. The smallest absolute Gasteiger partial charge is 0.0949 e. The molecule has 104 valence electrons. The third-order valence-electron chi connectivity index (χ3n) is 2.67. The summed E-state index contributed by atoms with van der Waals surface area (Å²) < 4.78 is 12.8. The van der Waals surface area contributed by atoms with E-state index in [0.717, 1.165) is 32.8 Å². The lowest BCUT2D eigenvalue weighted by atomic mass is 10.1. The summed E-state index contributed by atoms with van der Waals surface area (Å²) >= 11 is 0. The minimum atomic E-state index is -0.170. The van der Waals surface area contributed by atoms with Crippen LogP contribution in [0.4, 0.5) is 0 Å². The van der Waals surface area contributed by atoms with Gasteiger partial charge in [-0.2, -0.15) is 0 Å². The molecule has 0 saturated heterocycles. The molecule has 0 amide bonds. The van der Waals surface area contributed by atoms with Gasteiger partial charge in [0, 0.05) is 33.0 Å². The summed E-state index contributed by atoms with van der Waals surface area (Å²) in [6, 6.07) is 0. The van der Waals surface area contributed by atoms with Gasteiger partial charge in [0.1, 0.15) is 0 Å². The number of rotatable bonds is 9. The summed E-state index contributed by atoms with van der Waals surface area (Å²) in [5, 5.41) is 3.32. The largest absolute Gasteiger partial charge is 0.383 e. The monoisotopic (exact) mass is 255 g/mol. The Morgan fingerprint density at radius 3 is 2.89 bits per heavy atom. The Morgan fingerprint density at radius 2 is 2.22 bits per heavy atom. The molecule has 0 fully saturated rings. The van der Waals surface area contributed by atoms with E-state index in [9.17, 15) is 0 Å². The molecule has 1 aromatic heterocycles. The summed E-state index contributed by atoms with van der Waals surface area (Å²) in [6.07, 6.45) is 3.75. The highest BCUT2D eigenvalue weighted by atomic mass is 16.5. The highest BCUT2D eigenvalue weighted by molar-refractivity contribution is 4.99. The summed E-state index contributed by atoms with van der Waals surface area (Å²) in [5.41, 5.74) is 0.996. The van der Waals surface area contributed by atoms with Crippen LogP contribution in [0.1, 0.15) is 26.5 Å². The Hall–Kier alpha value is -0.910. The van der Waals surface area contributed by atoms with Crippen molar-refractivity contribution in [2.75, 3.05) is 26.9 Å². The molecule has 0 radical (unpaired) electrons. The first-order chi connectivity index (χ1) is 8.59. The van der Waals surface area contributed by atoms with Crippen LogP contribution >= 0.6 is 0 Å². The van der Waals surface area contributed by atoms with Gasteiger partial charge in [-0.3, -0.25) is 0 Å². The first kappa shape index (κ1) is 15.1. The van der Waals surface area contributed by atoms with Crippen molar-refractivity contribution in [2.45, 2.75) is 39.5 Å². The molecule has 0 atom stereocenters.